The highest BCUT2D eigenvalue weighted by Crippen LogP contribution is 3.02. The molecule has 132 valence electrons. The molecule has 1 aromatic rings. The zero-order valence-electron chi connectivity index (χ0n) is 12.2. The standard InChI is InChI=1S/C13H17F5N2OS2/c1-22-11-5-2-10(8-11)20-13(21)19-9-3-6-12(7-4-9)23(14,15,16,17)18/h3-4,6-7,10-11H,2,5,8H2,1H3,(H2,19,20,21)/t10-,11+/m0/s1. The molecule has 1 aromatic carbocycles. The Bertz CT molecular complexity index is 590. The summed E-state index contributed by atoms with van der Waals surface area (Å²) in [5.41, 5.74) is 0.0208. The smallest absolute Gasteiger partial charge is 0.319 e. The topological polar surface area (TPSA) is 41.1 Å². The predicted octanol–water partition coefficient (Wildman–Crippen LogP) is 5.75. The summed E-state index contributed by atoms with van der Waals surface area (Å²) in [5, 5.41) is 5.56. The van der Waals surface area contributed by atoms with E-state index in [1.54, 1.807) is 11.8 Å². The van der Waals surface area contributed by atoms with Crippen LogP contribution in [-0.2, 0) is 0 Å². The number of benzene rings is 1. The van der Waals surface area contributed by atoms with Gasteiger partial charge in [-0.15, -0.1) is 0 Å². The molecule has 10 heteroatoms. The molecule has 0 radical (unpaired) electrons. The first kappa shape index (κ1) is 18.2. The summed E-state index contributed by atoms with van der Waals surface area (Å²) in [4.78, 5) is 9.80. The average molecular weight is 376 g/mol. The van der Waals surface area contributed by atoms with Crippen LogP contribution in [0.5, 0.6) is 0 Å². The Morgan fingerprint density at radius 1 is 1.13 bits per heavy atom. The molecule has 2 rings (SSSR count). The van der Waals surface area contributed by atoms with E-state index in [1.165, 1.54) is 0 Å². The largest absolute Gasteiger partial charge is 0.335 e. The van der Waals surface area contributed by atoms with Gasteiger partial charge in [0, 0.05) is 17.0 Å². The fraction of sp³-hybridized carbons (Fsp3) is 0.462. The molecule has 3 nitrogen and oxygen atoms in total. The number of urea groups is 1. The number of rotatable bonds is 4. The molecule has 0 aliphatic heterocycles. The normalized spacial score (nSPS) is 24.6. The molecule has 0 unspecified atom stereocenters. The molecular formula is C13H17F5N2OS2. The Labute approximate surface area is 135 Å². The van der Waals surface area contributed by atoms with E-state index >= 15 is 0 Å². The van der Waals surface area contributed by atoms with Gasteiger partial charge >= 0.3 is 16.3 Å². The van der Waals surface area contributed by atoms with E-state index in [0.717, 1.165) is 31.4 Å². The molecule has 0 saturated heterocycles. The third kappa shape index (κ3) is 5.17. The summed E-state index contributed by atoms with van der Waals surface area (Å²) in [6.07, 6.45) is 4.65. The van der Waals surface area contributed by atoms with E-state index in [0.29, 0.717) is 5.25 Å². The second-order valence-corrected chi connectivity index (χ2v) is 9.01. The number of halogens is 5. The summed E-state index contributed by atoms with van der Waals surface area (Å²) in [6, 6.07) is 1.62. The van der Waals surface area contributed by atoms with Crippen molar-refractivity contribution in [2.45, 2.75) is 35.4 Å². The Morgan fingerprint density at radius 2 is 1.74 bits per heavy atom. The van der Waals surface area contributed by atoms with E-state index in [9.17, 15) is 24.2 Å². The van der Waals surface area contributed by atoms with Gasteiger partial charge in [-0.25, -0.2) is 4.79 Å². The van der Waals surface area contributed by atoms with Crippen molar-refractivity contribution in [1.29, 1.82) is 0 Å². The first-order valence-corrected chi connectivity index (χ1v) is 10.1. The van der Waals surface area contributed by atoms with Crippen LogP contribution in [0.25, 0.3) is 0 Å². The number of hydrogen-bond donors (Lipinski definition) is 2. The number of carbonyl (C=O) groups excluding carboxylic acids is 1. The number of amides is 2. The monoisotopic (exact) mass is 376 g/mol. The summed E-state index contributed by atoms with van der Waals surface area (Å²) in [7, 11) is -9.67. The number of nitrogens with one attached hydrogen (secondary N) is 2. The maximum Gasteiger partial charge on any atom is 0.319 e. The van der Waals surface area contributed by atoms with Gasteiger partial charge < -0.3 is 10.6 Å². The highest BCUT2D eigenvalue weighted by Gasteiger charge is 2.65. The van der Waals surface area contributed by atoms with Crippen LogP contribution in [0, 0.1) is 0 Å². The van der Waals surface area contributed by atoms with E-state index in [1.807, 2.05) is 6.26 Å². The summed E-state index contributed by atoms with van der Waals surface area (Å²) >= 11 is 1.72. The van der Waals surface area contributed by atoms with Crippen molar-refractivity contribution in [3.8, 4) is 0 Å². The van der Waals surface area contributed by atoms with Crippen LogP contribution in [0.1, 0.15) is 19.3 Å². The molecule has 1 aliphatic rings. The molecule has 1 aliphatic carbocycles. The zero-order chi connectivity index (χ0) is 17.4. The van der Waals surface area contributed by atoms with Gasteiger partial charge in [0.2, 0.25) is 0 Å². The van der Waals surface area contributed by atoms with Gasteiger partial charge in [0.15, 0.2) is 0 Å². The van der Waals surface area contributed by atoms with Crippen LogP contribution in [0.2, 0.25) is 0 Å². The summed E-state index contributed by atoms with van der Waals surface area (Å²) in [6.45, 7) is 0. The van der Waals surface area contributed by atoms with Gasteiger partial charge in [-0.2, -0.15) is 11.8 Å². The molecule has 2 N–H and O–H groups in total. The lowest BCUT2D eigenvalue weighted by Gasteiger charge is -2.40. The van der Waals surface area contributed by atoms with Crippen molar-refractivity contribution in [1.82, 2.24) is 5.32 Å². The molecule has 23 heavy (non-hydrogen) atoms. The molecule has 1 saturated carbocycles. The maximum absolute atomic E-state index is 12.6. The summed E-state index contributed by atoms with van der Waals surface area (Å²) in [5.74, 6) is 0. The molecule has 0 bridgehead atoms. The number of anilines is 1. The minimum atomic E-state index is -9.67. The minimum absolute atomic E-state index is 0.0106. The van der Waals surface area contributed by atoms with Crippen LogP contribution in [-0.4, -0.2) is 23.6 Å². The Hall–Kier alpha value is -1.16. The molecule has 0 heterocycles. The predicted molar refractivity (Wildman–Crippen MR) is 84.9 cm³/mol. The second kappa shape index (κ2) is 5.44. The van der Waals surface area contributed by atoms with Crippen LogP contribution in [0.15, 0.2) is 29.2 Å². The molecule has 0 aromatic heterocycles. The van der Waals surface area contributed by atoms with Gasteiger partial charge in [-0.3, -0.25) is 0 Å². The second-order valence-electron chi connectivity index (χ2n) is 5.46. The van der Waals surface area contributed by atoms with E-state index in [4.69, 9.17) is 0 Å². The Morgan fingerprint density at radius 3 is 2.22 bits per heavy atom. The first-order valence-electron chi connectivity index (χ1n) is 6.82. The van der Waals surface area contributed by atoms with E-state index in [-0.39, 0.29) is 23.9 Å². The van der Waals surface area contributed by atoms with Crippen LogP contribution in [0.4, 0.5) is 29.9 Å². The van der Waals surface area contributed by atoms with Crippen LogP contribution < -0.4 is 10.6 Å². The van der Waals surface area contributed by atoms with Gasteiger partial charge in [-0.1, -0.05) is 19.4 Å². The van der Waals surface area contributed by atoms with E-state index in [2.05, 4.69) is 10.6 Å². The number of hydrogen-bond acceptors (Lipinski definition) is 2. The molecular weight excluding hydrogens is 359 g/mol. The average Bonchev–Trinajstić information content (AvgIpc) is 2.84. The molecule has 2 amide bonds. The van der Waals surface area contributed by atoms with E-state index < -0.39 is 21.2 Å². The van der Waals surface area contributed by atoms with Gasteiger partial charge in [0.25, 0.3) is 0 Å². The highest BCUT2D eigenvalue weighted by atomic mass is 32.5. The minimum Gasteiger partial charge on any atom is -0.335 e. The third-order valence-electron chi connectivity index (χ3n) is 3.61. The van der Waals surface area contributed by atoms with Crippen molar-refractivity contribution in [3.05, 3.63) is 24.3 Å². The fourth-order valence-electron chi connectivity index (χ4n) is 2.43. The molecule has 1 fully saturated rings. The van der Waals surface area contributed by atoms with Gasteiger partial charge in [-0.05, 0) is 49.8 Å². The van der Waals surface area contributed by atoms with Crippen LogP contribution >= 0.6 is 22.0 Å². The third-order valence-corrected chi connectivity index (χ3v) is 5.87. The Kier molecular flexibility index (Phi) is 4.30. The lowest BCUT2D eigenvalue weighted by Crippen LogP contribution is -2.36. The fourth-order valence-corrected chi connectivity index (χ4v) is 3.88. The van der Waals surface area contributed by atoms with Gasteiger partial charge in [0.1, 0.15) is 4.90 Å². The number of thioether (sulfide) groups is 1. The van der Waals surface area contributed by atoms with Crippen molar-refractivity contribution < 1.29 is 24.2 Å². The van der Waals surface area contributed by atoms with Crippen LogP contribution in [0.3, 0.4) is 0 Å². The Balaban J connectivity index is 1.95. The number of carbonyl (C=O) groups is 1. The molecule has 2 atom stereocenters. The van der Waals surface area contributed by atoms with Crippen molar-refractivity contribution in [3.63, 3.8) is 0 Å². The van der Waals surface area contributed by atoms with Crippen molar-refractivity contribution in [2.75, 3.05) is 11.6 Å². The SMILES string of the molecule is CS[C@@H]1CC[C@H](NC(=O)Nc2ccc(S(F)(F)(F)(F)F)cc2)C1. The lowest BCUT2D eigenvalue weighted by atomic mass is 10.2. The highest BCUT2D eigenvalue weighted by molar-refractivity contribution is 8.45. The summed E-state index contributed by atoms with van der Waals surface area (Å²) < 4.78 is 62.9. The lowest BCUT2D eigenvalue weighted by molar-refractivity contribution is 0.248. The van der Waals surface area contributed by atoms with Crippen molar-refractivity contribution in [2.24, 2.45) is 0 Å². The first-order chi connectivity index (χ1) is 10.4. The quantitative estimate of drug-likeness (QED) is 0.657. The molecule has 0 spiro atoms. The van der Waals surface area contributed by atoms with Gasteiger partial charge in [0.05, 0.1) is 0 Å². The maximum atomic E-state index is 12.6. The zero-order valence-corrected chi connectivity index (χ0v) is 13.8. The van der Waals surface area contributed by atoms with Crippen molar-refractivity contribution >= 4 is 33.7 Å².